The largest absolute Gasteiger partial charge is 0.486 e. The van der Waals surface area contributed by atoms with E-state index in [1.165, 1.54) is 19.3 Å². The molecule has 1 unspecified atom stereocenters. The van der Waals surface area contributed by atoms with Crippen molar-refractivity contribution in [3.8, 4) is 11.5 Å². The van der Waals surface area contributed by atoms with Crippen LogP contribution in [-0.2, 0) is 0 Å². The lowest BCUT2D eigenvalue weighted by Gasteiger charge is -2.21. The summed E-state index contributed by atoms with van der Waals surface area (Å²) in [5.41, 5.74) is 1.15. The summed E-state index contributed by atoms with van der Waals surface area (Å²) >= 11 is 0. The molecule has 0 radical (unpaired) electrons. The molecule has 0 saturated heterocycles. The van der Waals surface area contributed by atoms with E-state index in [1.54, 1.807) is 0 Å². The first-order valence-electron chi connectivity index (χ1n) is 6.53. The van der Waals surface area contributed by atoms with E-state index in [0.717, 1.165) is 23.1 Å². The highest BCUT2D eigenvalue weighted by Crippen LogP contribution is 2.37. The van der Waals surface area contributed by atoms with E-state index in [9.17, 15) is 0 Å². The average molecular weight is 233 g/mol. The van der Waals surface area contributed by atoms with Crippen molar-refractivity contribution in [2.45, 2.75) is 32.2 Å². The molecule has 0 bridgehead atoms. The molecule has 1 aliphatic carbocycles. The van der Waals surface area contributed by atoms with Gasteiger partial charge in [0.05, 0.1) is 0 Å². The molecule has 1 atom stereocenters. The van der Waals surface area contributed by atoms with Gasteiger partial charge in [0.15, 0.2) is 11.5 Å². The van der Waals surface area contributed by atoms with Gasteiger partial charge in [-0.05, 0) is 37.3 Å². The Bertz CT molecular complexity index is 401. The molecule has 1 aromatic carbocycles. The Morgan fingerprint density at radius 2 is 2.00 bits per heavy atom. The summed E-state index contributed by atoms with van der Waals surface area (Å²) in [7, 11) is 0. The van der Waals surface area contributed by atoms with Crippen LogP contribution in [-0.4, -0.2) is 19.3 Å². The maximum absolute atomic E-state index is 5.59. The molecular weight excluding hydrogens is 214 g/mol. The van der Waals surface area contributed by atoms with Crippen LogP contribution in [0.25, 0.3) is 0 Å². The molecule has 2 aliphatic rings. The number of anilines is 1. The fourth-order valence-corrected chi connectivity index (χ4v) is 2.40. The molecular formula is C14H19NO2. The fourth-order valence-electron chi connectivity index (χ4n) is 2.40. The van der Waals surface area contributed by atoms with Crippen molar-refractivity contribution in [2.75, 3.05) is 18.5 Å². The number of ether oxygens (including phenoxy) is 2. The second kappa shape index (κ2) is 4.47. The van der Waals surface area contributed by atoms with Crippen LogP contribution in [0.5, 0.6) is 11.5 Å². The highest BCUT2D eigenvalue weighted by Gasteiger charge is 2.29. The third kappa shape index (κ3) is 2.33. The summed E-state index contributed by atoms with van der Waals surface area (Å²) in [5, 5.41) is 3.61. The third-order valence-corrected chi connectivity index (χ3v) is 3.53. The van der Waals surface area contributed by atoms with E-state index >= 15 is 0 Å². The average Bonchev–Trinajstić information content (AvgIpc) is 3.20. The Morgan fingerprint density at radius 3 is 2.71 bits per heavy atom. The first-order valence-corrected chi connectivity index (χ1v) is 6.53. The highest BCUT2D eigenvalue weighted by molar-refractivity contribution is 5.55. The quantitative estimate of drug-likeness (QED) is 0.867. The van der Waals surface area contributed by atoms with Crippen LogP contribution in [0.3, 0.4) is 0 Å². The van der Waals surface area contributed by atoms with Crippen LogP contribution >= 0.6 is 0 Å². The Morgan fingerprint density at radius 1 is 1.24 bits per heavy atom. The van der Waals surface area contributed by atoms with Gasteiger partial charge in [-0.1, -0.05) is 6.92 Å². The van der Waals surface area contributed by atoms with E-state index in [0.29, 0.717) is 19.3 Å². The van der Waals surface area contributed by atoms with Gasteiger partial charge in [-0.25, -0.2) is 0 Å². The second-order valence-corrected chi connectivity index (χ2v) is 4.85. The van der Waals surface area contributed by atoms with E-state index < -0.39 is 0 Å². The molecule has 0 amide bonds. The minimum atomic E-state index is 0.609. The van der Waals surface area contributed by atoms with Gasteiger partial charge in [0.1, 0.15) is 13.2 Å². The maximum Gasteiger partial charge on any atom is 0.163 e. The summed E-state index contributed by atoms with van der Waals surface area (Å²) in [6, 6.07) is 6.74. The van der Waals surface area contributed by atoms with Crippen LogP contribution in [0.1, 0.15) is 26.2 Å². The smallest absolute Gasteiger partial charge is 0.163 e. The van der Waals surface area contributed by atoms with Crippen molar-refractivity contribution < 1.29 is 9.47 Å². The number of fused-ring (bicyclic) bond motifs is 1. The van der Waals surface area contributed by atoms with Crippen molar-refractivity contribution in [2.24, 2.45) is 5.92 Å². The zero-order chi connectivity index (χ0) is 11.7. The first kappa shape index (κ1) is 10.8. The molecule has 0 spiro atoms. The van der Waals surface area contributed by atoms with Crippen LogP contribution < -0.4 is 14.8 Å². The molecule has 1 heterocycles. The normalized spacial score (nSPS) is 19.8. The molecule has 1 saturated carbocycles. The molecule has 92 valence electrons. The summed E-state index contributed by atoms with van der Waals surface area (Å²) in [4.78, 5) is 0. The zero-order valence-electron chi connectivity index (χ0n) is 10.2. The van der Waals surface area contributed by atoms with Crippen LogP contribution in [0.15, 0.2) is 18.2 Å². The molecule has 1 N–H and O–H groups in total. The van der Waals surface area contributed by atoms with Crippen molar-refractivity contribution in [1.82, 2.24) is 0 Å². The molecule has 1 aromatic rings. The summed E-state index contributed by atoms with van der Waals surface area (Å²) in [6.07, 6.45) is 3.92. The lowest BCUT2D eigenvalue weighted by atomic mass is 10.1. The number of hydrogen-bond acceptors (Lipinski definition) is 3. The monoisotopic (exact) mass is 233 g/mol. The fraction of sp³-hybridized carbons (Fsp3) is 0.571. The van der Waals surface area contributed by atoms with Crippen molar-refractivity contribution in [1.29, 1.82) is 0 Å². The third-order valence-electron chi connectivity index (χ3n) is 3.53. The SMILES string of the molecule is CCC(Nc1ccc2c(c1)OCCO2)C1CC1. The number of benzene rings is 1. The van der Waals surface area contributed by atoms with Gasteiger partial charge in [0, 0.05) is 17.8 Å². The lowest BCUT2D eigenvalue weighted by Crippen LogP contribution is -2.21. The van der Waals surface area contributed by atoms with Gasteiger partial charge >= 0.3 is 0 Å². The first-order chi connectivity index (χ1) is 8.36. The Hall–Kier alpha value is -1.38. The second-order valence-electron chi connectivity index (χ2n) is 4.85. The van der Waals surface area contributed by atoms with Gasteiger partial charge in [0.2, 0.25) is 0 Å². The minimum absolute atomic E-state index is 0.609. The Kier molecular flexibility index (Phi) is 2.83. The molecule has 17 heavy (non-hydrogen) atoms. The Balaban J connectivity index is 1.74. The predicted octanol–water partition coefficient (Wildman–Crippen LogP) is 3.06. The molecule has 3 heteroatoms. The van der Waals surface area contributed by atoms with Gasteiger partial charge in [-0.2, -0.15) is 0 Å². The van der Waals surface area contributed by atoms with E-state index in [4.69, 9.17) is 9.47 Å². The van der Waals surface area contributed by atoms with Gasteiger partial charge in [-0.15, -0.1) is 0 Å². The number of nitrogens with one attached hydrogen (secondary N) is 1. The number of hydrogen-bond donors (Lipinski definition) is 1. The standard InChI is InChI=1S/C14H19NO2/c1-2-12(10-3-4-10)15-11-5-6-13-14(9-11)17-8-7-16-13/h5-6,9-10,12,15H,2-4,7-8H2,1H3. The molecule has 3 nitrogen and oxygen atoms in total. The molecule has 1 fully saturated rings. The van der Waals surface area contributed by atoms with E-state index in [2.05, 4.69) is 24.4 Å². The molecule has 3 rings (SSSR count). The maximum atomic E-state index is 5.59. The summed E-state index contributed by atoms with van der Waals surface area (Å²) in [5.74, 6) is 2.60. The summed E-state index contributed by atoms with van der Waals surface area (Å²) in [6.45, 7) is 3.55. The molecule has 0 aromatic heterocycles. The van der Waals surface area contributed by atoms with Crippen molar-refractivity contribution >= 4 is 5.69 Å². The van der Waals surface area contributed by atoms with Gasteiger partial charge in [0.25, 0.3) is 0 Å². The number of rotatable bonds is 4. The Labute approximate surface area is 102 Å². The highest BCUT2D eigenvalue weighted by atomic mass is 16.6. The lowest BCUT2D eigenvalue weighted by molar-refractivity contribution is 0.171. The van der Waals surface area contributed by atoms with E-state index in [1.807, 2.05) is 6.07 Å². The zero-order valence-corrected chi connectivity index (χ0v) is 10.2. The van der Waals surface area contributed by atoms with E-state index in [-0.39, 0.29) is 0 Å². The van der Waals surface area contributed by atoms with Crippen LogP contribution in [0.2, 0.25) is 0 Å². The van der Waals surface area contributed by atoms with Gasteiger partial charge in [-0.3, -0.25) is 0 Å². The van der Waals surface area contributed by atoms with Crippen molar-refractivity contribution in [3.63, 3.8) is 0 Å². The van der Waals surface area contributed by atoms with Gasteiger partial charge < -0.3 is 14.8 Å². The predicted molar refractivity (Wildman–Crippen MR) is 67.9 cm³/mol. The van der Waals surface area contributed by atoms with Crippen LogP contribution in [0, 0.1) is 5.92 Å². The van der Waals surface area contributed by atoms with Crippen LogP contribution in [0.4, 0.5) is 5.69 Å². The molecule has 1 aliphatic heterocycles. The summed E-state index contributed by atoms with van der Waals surface area (Å²) < 4.78 is 11.1. The topological polar surface area (TPSA) is 30.5 Å². The minimum Gasteiger partial charge on any atom is -0.486 e. The van der Waals surface area contributed by atoms with Crippen molar-refractivity contribution in [3.05, 3.63) is 18.2 Å².